The number of ether oxygens (including phenoxy) is 2. The molecule has 0 saturated carbocycles. The van der Waals surface area contributed by atoms with Crippen molar-refractivity contribution < 1.29 is 38.2 Å². The quantitative estimate of drug-likeness (QED) is 0.0794. The Labute approximate surface area is 533 Å². The second kappa shape index (κ2) is 24.0. The van der Waals surface area contributed by atoms with E-state index in [1.807, 2.05) is 229 Å². The largest absolute Gasteiger partial charge is 0.458 e. The summed E-state index contributed by atoms with van der Waals surface area (Å²) < 4.78 is 12.1. The molecule has 0 heterocycles. The number of nitrogens with one attached hydrogen (secondary N) is 5. The van der Waals surface area contributed by atoms with Crippen LogP contribution in [0.1, 0.15) is 99.9 Å². The highest BCUT2D eigenvalue weighted by Gasteiger charge is 2.56. The van der Waals surface area contributed by atoms with Crippen LogP contribution in [0, 0.1) is 5.92 Å². The number of hydrogen-bond donors (Lipinski definition) is 5. The molecule has 4 aliphatic rings. The van der Waals surface area contributed by atoms with Gasteiger partial charge in [0.25, 0.3) is 0 Å². The smallest absolute Gasteiger partial charge is 0.408 e. The number of rotatable bonds is 11. The van der Waals surface area contributed by atoms with Gasteiger partial charge in [-0.3, -0.25) is 19.2 Å². The van der Waals surface area contributed by atoms with Crippen molar-refractivity contribution in [2.75, 3.05) is 0 Å². The maximum atomic E-state index is 17.4. The highest BCUT2D eigenvalue weighted by molar-refractivity contribution is 6.03. The molecule has 13 nitrogen and oxygen atoms in total. The van der Waals surface area contributed by atoms with Crippen molar-refractivity contribution in [2.24, 2.45) is 5.92 Å². The second-order valence-electron chi connectivity index (χ2n) is 27.7. The molecule has 0 radical (unpaired) electrons. The number of amides is 5. The molecule has 8 aromatic carbocycles. The molecule has 5 N–H and O–H groups in total. The lowest BCUT2D eigenvalue weighted by Crippen LogP contribution is -2.74. The van der Waals surface area contributed by atoms with E-state index in [1.54, 1.807) is 20.8 Å². The van der Waals surface area contributed by atoms with E-state index in [1.165, 1.54) is 0 Å². The molecule has 1 unspecified atom stereocenters. The van der Waals surface area contributed by atoms with E-state index in [0.29, 0.717) is 0 Å². The summed E-state index contributed by atoms with van der Waals surface area (Å²) in [7, 11) is 0. The van der Waals surface area contributed by atoms with Crippen molar-refractivity contribution in [2.45, 2.75) is 146 Å². The number of carbonyl (C=O) groups is 6. The number of hydrogen-bond acceptors (Lipinski definition) is 8. The summed E-state index contributed by atoms with van der Waals surface area (Å²) in [5.74, 6) is -3.67. The topological polar surface area (TPSA) is 181 Å². The van der Waals surface area contributed by atoms with Gasteiger partial charge in [0.1, 0.15) is 39.4 Å². The first-order valence-corrected chi connectivity index (χ1v) is 31.6. The first kappa shape index (κ1) is 61.6. The molecule has 13 heteroatoms. The Hall–Kier alpha value is -9.62. The van der Waals surface area contributed by atoms with Gasteiger partial charge in [0.15, 0.2) is 0 Å². The third-order valence-corrected chi connectivity index (χ3v) is 18.4. The molecule has 91 heavy (non-hydrogen) atoms. The maximum Gasteiger partial charge on any atom is 0.408 e. The van der Waals surface area contributed by atoms with Gasteiger partial charge in [0.05, 0.1) is 0 Å². The Morgan fingerprint density at radius 2 is 0.549 bits per heavy atom. The zero-order valence-electron chi connectivity index (χ0n) is 53.1. The van der Waals surface area contributed by atoms with E-state index < -0.39 is 81.0 Å². The Morgan fingerprint density at radius 3 is 0.791 bits per heavy atom. The first-order valence-electron chi connectivity index (χ1n) is 31.6. The number of carbonyl (C=O) groups excluding carboxylic acids is 6. The summed E-state index contributed by atoms with van der Waals surface area (Å²) in [6.07, 6.45) is -0.869. The molecule has 12 rings (SSSR count). The predicted molar refractivity (Wildman–Crippen MR) is 354 cm³/mol. The highest BCUT2D eigenvalue weighted by Crippen LogP contribution is 2.44. The molecule has 5 amide bonds. The minimum absolute atomic E-state index is 0.0174. The van der Waals surface area contributed by atoms with Crippen LogP contribution in [0.2, 0.25) is 0 Å². The van der Waals surface area contributed by atoms with E-state index in [9.17, 15) is 4.79 Å². The molecular weight excluding hydrogens is 1130 g/mol. The normalized spacial score (nSPS) is 16.5. The van der Waals surface area contributed by atoms with Crippen molar-refractivity contribution in [3.8, 4) is 44.5 Å². The molecule has 8 aromatic rings. The van der Waals surface area contributed by atoms with Crippen molar-refractivity contribution in [3.63, 3.8) is 0 Å². The third-order valence-electron chi connectivity index (χ3n) is 18.4. The zero-order valence-corrected chi connectivity index (χ0v) is 53.1. The van der Waals surface area contributed by atoms with Gasteiger partial charge in [-0.1, -0.05) is 208 Å². The van der Waals surface area contributed by atoms with Crippen LogP contribution in [0.25, 0.3) is 44.5 Å². The number of benzene rings is 8. The lowest BCUT2D eigenvalue weighted by atomic mass is 9.78. The molecule has 0 saturated heterocycles. The average molecular weight is 1210 g/mol. The molecule has 0 bridgehead atoms. The van der Waals surface area contributed by atoms with Crippen LogP contribution in [0.5, 0.6) is 0 Å². The van der Waals surface area contributed by atoms with Crippen molar-refractivity contribution in [1.29, 1.82) is 0 Å². The van der Waals surface area contributed by atoms with E-state index in [-0.39, 0.29) is 51.4 Å². The molecule has 0 fully saturated rings. The highest BCUT2D eigenvalue weighted by atomic mass is 16.6. The van der Waals surface area contributed by atoms with Gasteiger partial charge in [0.2, 0.25) is 23.6 Å². The molecular formula is C78H79N5O8. The van der Waals surface area contributed by atoms with E-state index >= 15 is 24.0 Å². The Bertz CT molecular complexity index is 4000. The Kier molecular flexibility index (Phi) is 16.2. The fourth-order valence-corrected chi connectivity index (χ4v) is 14.2. The third kappa shape index (κ3) is 12.3. The van der Waals surface area contributed by atoms with Crippen molar-refractivity contribution in [3.05, 3.63) is 239 Å². The van der Waals surface area contributed by atoms with Crippen LogP contribution in [0.4, 0.5) is 4.79 Å². The summed E-state index contributed by atoms with van der Waals surface area (Å²) in [6, 6.07) is 61.7. The lowest BCUT2D eigenvalue weighted by Gasteiger charge is -2.43. The number of esters is 1. The number of fused-ring (bicyclic) bond motifs is 12. The van der Waals surface area contributed by atoms with Crippen LogP contribution < -0.4 is 26.6 Å². The van der Waals surface area contributed by atoms with E-state index in [4.69, 9.17) is 9.47 Å². The van der Waals surface area contributed by atoms with Crippen molar-refractivity contribution in [1.82, 2.24) is 26.6 Å². The second-order valence-corrected chi connectivity index (χ2v) is 27.7. The van der Waals surface area contributed by atoms with Gasteiger partial charge in [-0.25, -0.2) is 9.59 Å². The predicted octanol–water partition coefficient (Wildman–Crippen LogP) is 12.2. The van der Waals surface area contributed by atoms with Crippen molar-refractivity contribution >= 4 is 35.7 Å². The molecule has 464 valence electrons. The van der Waals surface area contributed by atoms with Crippen LogP contribution >= 0.6 is 0 Å². The standard InChI is InChI=1S/C78H79N5O8/c1-49(2)66(79-72(89)91-74(6,7)8)67(84)80-75(41-50-25-9-17-33-58(50)59-34-18-10-26-51(59)42-75)68(85)81-76(43-52-27-11-19-35-60(52)61-36-20-12-28-53(61)44-76)69(86)82-77(45-54-29-13-21-37-62(54)63-38-22-14-30-55(63)46-77)70(87)83-78(71(88)90-73(3,4)5)47-56-31-15-23-39-64(56)65-40-24-16-32-57(65)48-78/h9-40,49,66H,41-48H2,1-8H3,(H,79,89)(H,80,84)(H,81,85)(H,82,86)(H,83,87). The Morgan fingerprint density at radius 1 is 0.330 bits per heavy atom. The summed E-state index contributed by atoms with van der Waals surface area (Å²) in [6.45, 7) is 14.3. The van der Waals surface area contributed by atoms with E-state index in [2.05, 4.69) is 26.6 Å². The summed E-state index contributed by atoms with van der Waals surface area (Å²) in [4.78, 5) is 96.1. The van der Waals surface area contributed by atoms with Gasteiger partial charge >= 0.3 is 12.1 Å². The van der Waals surface area contributed by atoms with Crippen LogP contribution in [-0.2, 0) is 84.8 Å². The van der Waals surface area contributed by atoms with Gasteiger partial charge < -0.3 is 36.1 Å². The summed E-state index contributed by atoms with van der Waals surface area (Å²) in [5.41, 5.74) is 4.20. The average Bonchev–Trinajstić information content (AvgIpc) is 1.76. The molecule has 4 aliphatic carbocycles. The monoisotopic (exact) mass is 1210 g/mol. The fourth-order valence-electron chi connectivity index (χ4n) is 14.2. The van der Waals surface area contributed by atoms with Gasteiger partial charge in [0, 0.05) is 51.4 Å². The molecule has 0 aliphatic heterocycles. The lowest BCUT2D eigenvalue weighted by molar-refractivity contribution is -0.165. The molecule has 1 atom stereocenters. The summed E-state index contributed by atoms with van der Waals surface area (Å²) >= 11 is 0. The van der Waals surface area contributed by atoms with Gasteiger partial charge in [-0.2, -0.15) is 0 Å². The minimum atomic E-state index is -1.92. The first-order chi connectivity index (χ1) is 43.5. The SMILES string of the molecule is CC(C)C(NC(=O)OC(C)(C)C)C(=O)NC1(C(=O)NC2(C(=O)NC3(C(=O)NC4(C(=O)OC(C)(C)C)Cc5ccccc5-c5ccccc5C4)Cc4ccccc4-c4ccccc4C3)Cc3ccccc3-c3ccccc3C2)Cc2ccccc2-c2ccccc2C1. The maximum absolute atomic E-state index is 17.4. The van der Waals surface area contributed by atoms with Crippen LogP contribution in [-0.4, -0.2) is 75.1 Å². The number of alkyl carbamates (subject to hydrolysis) is 1. The Balaban J connectivity index is 1.04. The van der Waals surface area contributed by atoms with Gasteiger partial charge in [-0.05, 0) is 136 Å². The minimum Gasteiger partial charge on any atom is -0.458 e. The van der Waals surface area contributed by atoms with E-state index in [0.717, 1.165) is 89.0 Å². The fraction of sp³-hybridized carbons (Fsp3) is 0.308. The summed E-state index contributed by atoms with van der Waals surface area (Å²) in [5, 5.41) is 16.5. The van der Waals surface area contributed by atoms with Crippen LogP contribution in [0.3, 0.4) is 0 Å². The zero-order chi connectivity index (χ0) is 64.1. The molecule has 0 aromatic heterocycles. The molecule has 0 spiro atoms. The van der Waals surface area contributed by atoms with Crippen LogP contribution in [0.15, 0.2) is 194 Å². The van der Waals surface area contributed by atoms with Gasteiger partial charge in [-0.15, -0.1) is 0 Å².